The SMILES string of the molecule is CCOC(=O)c1c(-c2ccccc2)csc1NC(=O)C1=C(C)NC(=S)N[C@@H]1c1ccc(C(=O)OC)cc1. The molecule has 1 atom stereocenters. The number of ether oxygens (including phenoxy) is 2. The van der Waals surface area contributed by atoms with Crippen LogP contribution in [0.1, 0.15) is 46.2 Å². The standard InChI is InChI=1S/C27H25N3O5S2/c1-4-35-26(33)21-19(16-8-6-5-7-9-16)14-37-24(21)30-23(31)20-15(2)28-27(36)29-22(20)17-10-12-18(13-11-17)25(32)34-3/h5-14,22H,4H2,1-3H3,(H,30,31)(H2,28,29,36)/t22-/m1/s1. The average Bonchev–Trinajstić information content (AvgIpc) is 3.32. The summed E-state index contributed by atoms with van der Waals surface area (Å²) in [7, 11) is 1.32. The number of amides is 1. The van der Waals surface area contributed by atoms with Gasteiger partial charge in [-0.2, -0.15) is 0 Å². The first-order chi connectivity index (χ1) is 17.8. The van der Waals surface area contributed by atoms with Crippen LogP contribution in [0.3, 0.4) is 0 Å². The molecule has 2 aromatic carbocycles. The highest BCUT2D eigenvalue weighted by molar-refractivity contribution is 7.80. The molecule has 1 aliphatic rings. The molecule has 2 heterocycles. The lowest BCUT2D eigenvalue weighted by Gasteiger charge is -2.30. The number of rotatable bonds is 7. The lowest BCUT2D eigenvalue weighted by atomic mass is 9.94. The first-order valence-corrected chi connectivity index (χ1v) is 12.7. The number of hydrogen-bond acceptors (Lipinski definition) is 7. The van der Waals surface area contributed by atoms with Crippen molar-refractivity contribution in [3.8, 4) is 11.1 Å². The number of anilines is 1. The molecule has 1 aliphatic heterocycles. The zero-order valence-electron chi connectivity index (χ0n) is 20.4. The maximum atomic E-state index is 13.7. The highest BCUT2D eigenvalue weighted by Gasteiger charge is 2.32. The minimum atomic E-state index is -0.583. The van der Waals surface area contributed by atoms with Crippen molar-refractivity contribution < 1.29 is 23.9 Å². The second-order valence-corrected chi connectivity index (χ2v) is 9.37. The fourth-order valence-corrected chi connectivity index (χ4v) is 5.25. The van der Waals surface area contributed by atoms with Gasteiger partial charge in [0, 0.05) is 16.6 Å². The van der Waals surface area contributed by atoms with Gasteiger partial charge < -0.3 is 25.4 Å². The van der Waals surface area contributed by atoms with Gasteiger partial charge in [0.15, 0.2) is 5.11 Å². The van der Waals surface area contributed by atoms with Crippen LogP contribution in [0.5, 0.6) is 0 Å². The van der Waals surface area contributed by atoms with Crippen LogP contribution in [0.15, 0.2) is 71.2 Å². The van der Waals surface area contributed by atoms with Crippen molar-refractivity contribution in [2.75, 3.05) is 19.0 Å². The van der Waals surface area contributed by atoms with Crippen LogP contribution in [0.2, 0.25) is 0 Å². The second kappa shape index (κ2) is 11.4. The number of carbonyl (C=O) groups excluding carboxylic acids is 3. The van der Waals surface area contributed by atoms with Gasteiger partial charge in [-0.05, 0) is 49.3 Å². The van der Waals surface area contributed by atoms with Gasteiger partial charge in [-0.1, -0.05) is 42.5 Å². The number of benzene rings is 2. The molecule has 3 aromatic rings. The second-order valence-electron chi connectivity index (χ2n) is 8.08. The summed E-state index contributed by atoms with van der Waals surface area (Å²) >= 11 is 6.59. The normalized spacial score (nSPS) is 14.9. The molecule has 4 rings (SSSR count). The maximum Gasteiger partial charge on any atom is 0.341 e. The maximum absolute atomic E-state index is 13.7. The third-order valence-electron chi connectivity index (χ3n) is 5.76. The van der Waals surface area contributed by atoms with Crippen molar-refractivity contribution in [2.45, 2.75) is 19.9 Å². The van der Waals surface area contributed by atoms with Crippen LogP contribution in [-0.4, -0.2) is 36.7 Å². The van der Waals surface area contributed by atoms with Crippen molar-refractivity contribution in [1.82, 2.24) is 10.6 Å². The summed E-state index contributed by atoms with van der Waals surface area (Å²) < 4.78 is 10.1. The van der Waals surface area contributed by atoms with Crippen molar-refractivity contribution in [3.63, 3.8) is 0 Å². The highest BCUT2D eigenvalue weighted by Crippen LogP contribution is 2.37. The summed E-state index contributed by atoms with van der Waals surface area (Å²) in [5.41, 5.74) is 3.90. The molecule has 0 spiro atoms. The number of thiophene rings is 1. The van der Waals surface area contributed by atoms with E-state index in [1.807, 2.05) is 35.7 Å². The van der Waals surface area contributed by atoms with Crippen molar-refractivity contribution in [2.24, 2.45) is 0 Å². The minimum Gasteiger partial charge on any atom is -0.465 e. The van der Waals surface area contributed by atoms with Crippen LogP contribution in [-0.2, 0) is 14.3 Å². The van der Waals surface area contributed by atoms with Crippen molar-refractivity contribution in [1.29, 1.82) is 0 Å². The molecule has 0 bridgehead atoms. The summed E-state index contributed by atoms with van der Waals surface area (Å²) in [6, 6.07) is 15.6. The summed E-state index contributed by atoms with van der Waals surface area (Å²) in [6.45, 7) is 3.70. The van der Waals surface area contributed by atoms with Crippen LogP contribution < -0.4 is 16.0 Å². The van der Waals surface area contributed by atoms with Gasteiger partial charge in [0.2, 0.25) is 0 Å². The molecule has 10 heteroatoms. The van der Waals surface area contributed by atoms with E-state index in [0.717, 1.165) is 11.1 Å². The molecular weight excluding hydrogens is 510 g/mol. The Bertz CT molecular complexity index is 1380. The van der Waals surface area contributed by atoms with E-state index in [4.69, 9.17) is 21.7 Å². The molecule has 0 unspecified atom stereocenters. The Morgan fingerprint density at radius 1 is 1.05 bits per heavy atom. The summed E-state index contributed by atoms with van der Waals surface area (Å²) in [5.74, 6) is -1.38. The van der Waals surface area contributed by atoms with Crippen molar-refractivity contribution >= 4 is 51.5 Å². The summed E-state index contributed by atoms with van der Waals surface area (Å²) in [4.78, 5) is 38.4. The number of methoxy groups -OCH3 is 1. The Labute approximate surface area is 223 Å². The third kappa shape index (κ3) is 5.55. The molecule has 8 nitrogen and oxygen atoms in total. The van der Waals surface area contributed by atoms with Crippen LogP contribution in [0.25, 0.3) is 11.1 Å². The Kier molecular flexibility index (Phi) is 8.00. The number of allylic oxidation sites excluding steroid dienone is 1. The van der Waals surface area contributed by atoms with Crippen LogP contribution in [0.4, 0.5) is 5.00 Å². The topological polar surface area (TPSA) is 106 Å². The number of nitrogens with one attached hydrogen (secondary N) is 3. The summed E-state index contributed by atoms with van der Waals surface area (Å²) in [6.07, 6.45) is 0. The lowest BCUT2D eigenvalue weighted by molar-refractivity contribution is -0.113. The molecule has 1 amide bonds. The smallest absolute Gasteiger partial charge is 0.341 e. The average molecular weight is 536 g/mol. The Balaban J connectivity index is 1.69. The molecule has 0 fully saturated rings. The largest absolute Gasteiger partial charge is 0.465 e. The van der Waals surface area contributed by atoms with Gasteiger partial charge in [-0.3, -0.25) is 4.79 Å². The number of hydrogen-bond donors (Lipinski definition) is 3. The van der Waals surface area contributed by atoms with E-state index >= 15 is 0 Å². The Morgan fingerprint density at radius 2 is 1.76 bits per heavy atom. The fraction of sp³-hybridized carbons (Fsp3) is 0.185. The quantitative estimate of drug-likeness (QED) is 0.292. The van der Waals surface area contributed by atoms with E-state index < -0.39 is 23.9 Å². The zero-order valence-corrected chi connectivity index (χ0v) is 22.0. The van der Waals surface area contributed by atoms with Crippen molar-refractivity contribution in [3.05, 3.63) is 87.9 Å². The van der Waals surface area contributed by atoms with Gasteiger partial charge in [0.1, 0.15) is 10.6 Å². The predicted octanol–water partition coefficient (Wildman–Crippen LogP) is 4.81. The predicted molar refractivity (Wildman–Crippen MR) is 146 cm³/mol. The first kappa shape index (κ1) is 26.1. The monoisotopic (exact) mass is 535 g/mol. The number of thiocarbonyl (C=S) groups is 1. The molecule has 0 saturated heterocycles. The fourth-order valence-electron chi connectivity index (χ4n) is 4.03. The minimum absolute atomic E-state index is 0.204. The molecule has 0 saturated carbocycles. The summed E-state index contributed by atoms with van der Waals surface area (Å²) in [5, 5.41) is 11.6. The lowest BCUT2D eigenvalue weighted by Crippen LogP contribution is -2.45. The molecule has 37 heavy (non-hydrogen) atoms. The Hall–Kier alpha value is -4.02. The van der Waals surface area contributed by atoms with Gasteiger partial charge in [0.05, 0.1) is 30.9 Å². The zero-order chi connectivity index (χ0) is 26.5. The Morgan fingerprint density at radius 3 is 2.41 bits per heavy atom. The van der Waals surface area contributed by atoms with Gasteiger partial charge in [0.25, 0.3) is 5.91 Å². The molecule has 190 valence electrons. The van der Waals surface area contributed by atoms with E-state index in [0.29, 0.717) is 38.1 Å². The van der Waals surface area contributed by atoms with Gasteiger partial charge in [-0.15, -0.1) is 11.3 Å². The molecular formula is C27H25N3O5S2. The first-order valence-electron chi connectivity index (χ1n) is 11.5. The molecule has 3 N–H and O–H groups in total. The molecule has 0 aliphatic carbocycles. The molecule has 1 aromatic heterocycles. The van der Waals surface area contributed by atoms with Crippen LogP contribution in [0, 0.1) is 0 Å². The van der Waals surface area contributed by atoms with E-state index in [9.17, 15) is 14.4 Å². The number of esters is 2. The highest BCUT2D eigenvalue weighted by atomic mass is 32.1. The third-order valence-corrected chi connectivity index (χ3v) is 6.88. The van der Waals surface area contributed by atoms with E-state index in [2.05, 4.69) is 16.0 Å². The van der Waals surface area contributed by atoms with Gasteiger partial charge >= 0.3 is 11.9 Å². The van der Waals surface area contributed by atoms with E-state index in [1.54, 1.807) is 38.1 Å². The van der Waals surface area contributed by atoms with E-state index in [-0.39, 0.29) is 6.61 Å². The number of carbonyl (C=O) groups is 3. The van der Waals surface area contributed by atoms with Crippen LogP contribution >= 0.6 is 23.6 Å². The molecule has 0 radical (unpaired) electrons. The van der Waals surface area contributed by atoms with E-state index in [1.165, 1.54) is 18.4 Å². The van der Waals surface area contributed by atoms with Gasteiger partial charge in [-0.25, -0.2) is 9.59 Å².